The maximum absolute atomic E-state index is 13.0. The Labute approximate surface area is 189 Å². The first-order valence-corrected chi connectivity index (χ1v) is 12.0. The van der Waals surface area contributed by atoms with Gasteiger partial charge in [0, 0.05) is 38.4 Å². The molecule has 3 N–H and O–H groups in total. The van der Waals surface area contributed by atoms with Crippen LogP contribution in [-0.4, -0.2) is 26.5 Å². The number of aromatic nitrogens is 3. The van der Waals surface area contributed by atoms with Crippen LogP contribution >= 0.6 is 11.3 Å². The normalized spacial score (nSPS) is 16.1. The van der Waals surface area contributed by atoms with Gasteiger partial charge in [0.2, 0.25) is 0 Å². The van der Waals surface area contributed by atoms with E-state index in [1.165, 1.54) is 5.56 Å². The zero-order valence-corrected chi connectivity index (χ0v) is 18.9. The molecule has 1 aliphatic rings. The second-order valence-corrected chi connectivity index (χ2v) is 9.62. The number of halogens is 2. The van der Waals surface area contributed by atoms with Crippen LogP contribution in [0.1, 0.15) is 49.6 Å². The molecule has 1 fully saturated rings. The minimum Gasteiger partial charge on any atom is -0.382 e. The molecule has 3 heterocycles. The number of benzene rings is 1. The smallest absolute Gasteiger partial charge is 0.251 e. The monoisotopic (exact) mass is 455 g/mol. The van der Waals surface area contributed by atoms with Crippen molar-refractivity contribution in [3.8, 4) is 0 Å². The number of pyridine rings is 1. The zero-order chi connectivity index (χ0) is 22.3. The highest BCUT2D eigenvalue weighted by Gasteiger charge is 2.44. The van der Waals surface area contributed by atoms with Gasteiger partial charge in [-0.1, -0.05) is 37.6 Å². The van der Waals surface area contributed by atoms with Crippen LogP contribution in [0.2, 0.25) is 0 Å². The summed E-state index contributed by atoms with van der Waals surface area (Å²) >= 11 is 1.67. The van der Waals surface area contributed by atoms with Crippen molar-refractivity contribution in [1.82, 2.24) is 19.9 Å². The Morgan fingerprint density at radius 3 is 2.62 bits per heavy atom. The van der Waals surface area contributed by atoms with Crippen molar-refractivity contribution in [2.45, 2.75) is 64.1 Å². The van der Waals surface area contributed by atoms with E-state index in [-0.39, 0.29) is 18.9 Å². The van der Waals surface area contributed by atoms with Gasteiger partial charge in [-0.15, -0.1) is 11.3 Å². The molecule has 5 nitrogen and oxygen atoms in total. The van der Waals surface area contributed by atoms with Gasteiger partial charge in [0.15, 0.2) is 5.82 Å². The summed E-state index contributed by atoms with van der Waals surface area (Å²) in [6.07, 6.45) is 2.93. The molecule has 8 heteroatoms. The second-order valence-electron chi connectivity index (χ2n) is 8.71. The lowest BCUT2D eigenvalue weighted by Crippen LogP contribution is -2.48. The van der Waals surface area contributed by atoms with Crippen LogP contribution in [0.3, 0.4) is 0 Å². The van der Waals surface area contributed by atoms with Gasteiger partial charge in [-0.05, 0) is 29.0 Å². The van der Waals surface area contributed by atoms with Crippen molar-refractivity contribution in [3.63, 3.8) is 0 Å². The number of hydrogen-bond donors (Lipinski definition) is 2. The third-order valence-electron chi connectivity index (χ3n) is 6.19. The fourth-order valence-corrected chi connectivity index (χ4v) is 5.25. The summed E-state index contributed by atoms with van der Waals surface area (Å²) in [5, 5.41) is 5.26. The van der Waals surface area contributed by atoms with Gasteiger partial charge >= 0.3 is 0 Å². The Kier molecular flexibility index (Phi) is 5.59. The van der Waals surface area contributed by atoms with Gasteiger partial charge in [-0.25, -0.2) is 18.7 Å². The van der Waals surface area contributed by atoms with Crippen LogP contribution in [0.4, 0.5) is 14.6 Å². The number of unbranched alkanes of at least 4 members (excludes halogenated alkanes) is 1. The highest BCUT2D eigenvalue weighted by atomic mass is 32.1. The minimum absolute atomic E-state index is 0.0610. The molecule has 1 aromatic carbocycles. The number of nitrogen functional groups attached to an aromatic ring is 1. The number of alkyl halides is 2. The van der Waals surface area contributed by atoms with Crippen LogP contribution in [0.5, 0.6) is 0 Å². The molecule has 32 heavy (non-hydrogen) atoms. The van der Waals surface area contributed by atoms with Crippen LogP contribution in [0, 0.1) is 0 Å². The molecule has 0 radical (unpaired) electrons. The lowest BCUT2D eigenvalue weighted by molar-refractivity contribution is -0.0930. The first-order valence-electron chi connectivity index (χ1n) is 11.1. The van der Waals surface area contributed by atoms with Gasteiger partial charge in [-0.3, -0.25) is 0 Å². The molecule has 0 atom stereocenters. The lowest BCUT2D eigenvalue weighted by atomic mass is 9.88. The number of imidazole rings is 1. The second kappa shape index (κ2) is 8.41. The summed E-state index contributed by atoms with van der Waals surface area (Å²) in [5.41, 5.74) is 11.3. The predicted molar refractivity (Wildman–Crippen MR) is 126 cm³/mol. The maximum Gasteiger partial charge on any atom is 0.251 e. The van der Waals surface area contributed by atoms with Gasteiger partial charge < -0.3 is 15.6 Å². The molecule has 0 amide bonds. The van der Waals surface area contributed by atoms with Gasteiger partial charge in [0.25, 0.3) is 5.92 Å². The summed E-state index contributed by atoms with van der Waals surface area (Å²) in [6, 6.07) is 10.3. The van der Waals surface area contributed by atoms with Gasteiger partial charge in [-0.2, -0.15) is 0 Å². The van der Waals surface area contributed by atoms with E-state index < -0.39 is 5.92 Å². The van der Waals surface area contributed by atoms with Crippen LogP contribution in [0.25, 0.3) is 21.3 Å². The molecule has 0 bridgehead atoms. The minimum atomic E-state index is -2.49. The van der Waals surface area contributed by atoms with E-state index >= 15 is 0 Å². The number of aryl methyl sites for hydroxylation is 1. The third-order valence-corrected chi connectivity index (χ3v) is 7.10. The van der Waals surface area contributed by atoms with E-state index in [0.29, 0.717) is 18.9 Å². The SMILES string of the molecule is CCCCc1nc2c(N)nc3ccsc3c2n1Cc1ccc(CNC2CC(F)(F)C2)cc1. The van der Waals surface area contributed by atoms with Gasteiger partial charge in [0.1, 0.15) is 11.3 Å². The van der Waals surface area contributed by atoms with Crippen LogP contribution < -0.4 is 11.1 Å². The average Bonchev–Trinajstić information content (AvgIpc) is 3.35. The summed E-state index contributed by atoms with van der Waals surface area (Å²) < 4.78 is 29.4. The Hall–Kier alpha value is -2.58. The van der Waals surface area contributed by atoms with Crippen molar-refractivity contribution in [1.29, 1.82) is 0 Å². The van der Waals surface area contributed by atoms with Crippen molar-refractivity contribution in [2.75, 3.05) is 5.73 Å². The van der Waals surface area contributed by atoms with Gasteiger partial charge in [0.05, 0.1) is 15.7 Å². The molecule has 1 aliphatic carbocycles. The van der Waals surface area contributed by atoms with E-state index in [0.717, 1.165) is 51.9 Å². The third kappa shape index (κ3) is 4.09. The van der Waals surface area contributed by atoms with E-state index in [9.17, 15) is 8.78 Å². The van der Waals surface area contributed by atoms with Crippen molar-refractivity contribution in [3.05, 3.63) is 52.7 Å². The van der Waals surface area contributed by atoms with E-state index in [2.05, 4.69) is 46.1 Å². The standard InChI is InChI=1S/C24H27F2N5S/c1-2-3-4-19-30-20-21(22-18(9-10-32-22)29-23(20)27)31(19)14-16-7-5-15(6-8-16)13-28-17-11-24(25,26)12-17/h5-10,17,28H,2-4,11-14H2,1H3,(H2,27,29). The molecule has 0 saturated heterocycles. The van der Waals surface area contributed by atoms with Crippen molar-refractivity contribution < 1.29 is 8.78 Å². The topological polar surface area (TPSA) is 68.8 Å². The van der Waals surface area contributed by atoms with E-state index in [4.69, 9.17) is 10.7 Å². The molecular weight excluding hydrogens is 428 g/mol. The number of nitrogens with two attached hydrogens (primary N) is 1. The number of nitrogens with zero attached hydrogens (tertiary/aromatic N) is 3. The Morgan fingerprint density at radius 2 is 1.91 bits per heavy atom. The zero-order valence-electron chi connectivity index (χ0n) is 18.1. The fraction of sp³-hybridized carbons (Fsp3) is 0.417. The number of rotatable bonds is 8. The molecular formula is C24H27F2N5S. The summed E-state index contributed by atoms with van der Waals surface area (Å²) in [6.45, 7) is 3.49. The van der Waals surface area contributed by atoms with E-state index in [1.807, 2.05) is 11.4 Å². The highest BCUT2D eigenvalue weighted by Crippen LogP contribution is 2.37. The number of fused-ring (bicyclic) bond motifs is 3. The van der Waals surface area contributed by atoms with Crippen LogP contribution in [0.15, 0.2) is 35.7 Å². The van der Waals surface area contributed by atoms with Crippen molar-refractivity contribution in [2.24, 2.45) is 0 Å². The molecule has 0 aliphatic heterocycles. The largest absolute Gasteiger partial charge is 0.382 e. The number of thiophene rings is 1. The maximum atomic E-state index is 13.0. The summed E-state index contributed by atoms with van der Waals surface area (Å²) in [7, 11) is 0. The quantitative estimate of drug-likeness (QED) is 0.368. The Balaban J connectivity index is 1.40. The first kappa shape index (κ1) is 21.3. The van der Waals surface area contributed by atoms with Crippen molar-refractivity contribution >= 4 is 38.4 Å². The summed E-state index contributed by atoms with van der Waals surface area (Å²) in [4.78, 5) is 9.41. The molecule has 5 rings (SSSR count). The lowest BCUT2D eigenvalue weighted by Gasteiger charge is -2.35. The molecule has 4 aromatic rings. The Bertz CT molecular complexity index is 1240. The number of anilines is 1. The Morgan fingerprint density at radius 1 is 1.16 bits per heavy atom. The number of hydrogen-bond acceptors (Lipinski definition) is 5. The summed E-state index contributed by atoms with van der Waals surface area (Å²) in [5.74, 6) is -0.976. The molecule has 168 valence electrons. The molecule has 1 saturated carbocycles. The molecule has 0 spiro atoms. The average molecular weight is 456 g/mol. The van der Waals surface area contributed by atoms with E-state index in [1.54, 1.807) is 11.3 Å². The number of nitrogens with one attached hydrogen (secondary N) is 1. The first-order chi connectivity index (χ1) is 15.4. The molecule has 0 unspecified atom stereocenters. The fourth-order valence-electron chi connectivity index (χ4n) is 4.37. The highest BCUT2D eigenvalue weighted by molar-refractivity contribution is 7.18. The molecule has 3 aromatic heterocycles. The predicted octanol–water partition coefficient (Wildman–Crippen LogP) is 5.51. The van der Waals surface area contributed by atoms with Crippen LogP contribution in [-0.2, 0) is 19.5 Å².